The van der Waals surface area contributed by atoms with E-state index in [1.807, 2.05) is 0 Å². The number of hydrogen-bond donors (Lipinski definition) is 2. The second kappa shape index (κ2) is 9.01. The first-order valence-corrected chi connectivity index (χ1v) is 11.6. The van der Waals surface area contributed by atoms with Gasteiger partial charge in [0.15, 0.2) is 0 Å². The molecule has 2 saturated heterocycles. The lowest BCUT2D eigenvalue weighted by atomic mass is 9.78. The molecule has 4 rings (SSSR count). The van der Waals surface area contributed by atoms with E-state index in [-0.39, 0.29) is 10.4 Å². The van der Waals surface area contributed by atoms with E-state index in [1.165, 1.54) is 11.3 Å². The Hall–Kier alpha value is -2.00. The maximum atomic E-state index is 12.2. The third-order valence-electron chi connectivity index (χ3n) is 6.52. The van der Waals surface area contributed by atoms with Crippen LogP contribution in [0.25, 0.3) is 0 Å². The molecule has 0 aliphatic carbocycles. The molecule has 0 bridgehead atoms. The van der Waals surface area contributed by atoms with E-state index >= 15 is 0 Å². The molecule has 0 radical (unpaired) electrons. The van der Waals surface area contributed by atoms with E-state index in [2.05, 4.69) is 15.6 Å². The van der Waals surface area contributed by atoms with Gasteiger partial charge in [-0.25, -0.2) is 9.47 Å². The fourth-order valence-electron chi connectivity index (χ4n) is 4.74. The van der Waals surface area contributed by atoms with E-state index in [0.717, 1.165) is 38.8 Å². The minimum Gasteiger partial charge on any atom is -0.498 e. The van der Waals surface area contributed by atoms with Crippen molar-refractivity contribution in [2.24, 2.45) is 11.8 Å². The van der Waals surface area contributed by atoms with Crippen LogP contribution in [-0.4, -0.2) is 43.2 Å². The van der Waals surface area contributed by atoms with Crippen molar-refractivity contribution in [3.63, 3.8) is 0 Å². The van der Waals surface area contributed by atoms with Crippen LogP contribution in [0, 0.1) is 11.8 Å². The average molecular weight is 449 g/mol. The number of carboxylic acid groups (broad SMARTS) is 1. The fourth-order valence-corrected chi connectivity index (χ4v) is 5.50. The van der Waals surface area contributed by atoms with Crippen molar-refractivity contribution in [3.05, 3.63) is 39.8 Å². The van der Waals surface area contributed by atoms with Crippen LogP contribution in [0.5, 0.6) is 0 Å². The van der Waals surface area contributed by atoms with Crippen LogP contribution >= 0.6 is 22.9 Å². The van der Waals surface area contributed by atoms with Gasteiger partial charge < -0.3 is 20.5 Å². The Bertz CT molecular complexity index is 907. The lowest BCUT2D eigenvalue weighted by molar-refractivity contribution is -0.265. The molecule has 0 spiro atoms. The first-order valence-electron chi connectivity index (χ1n) is 10.3. The number of aromatic nitrogens is 1. The number of nitrogens with zero attached hydrogens (tertiary/aromatic N) is 2. The molecular weight excluding hydrogens is 424 g/mol. The van der Waals surface area contributed by atoms with Gasteiger partial charge in [-0.15, -0.1) is 11.3 Å². The minimum absolute atomic E-state index is 0.221. The van der Waals surface area contributed by atoms with Crippen LogP contribution in [-0.2, 0) is 0 Å². The molecule has 30 heavy (non-hydrogen) atoms. The summed E-state index contributed by atoms with van der Waals surface area (Å²) in [6, 6.07) is 5.02. The first kappa shape index (κ1) is 21.2. The summed E-state index contributed by atoms with van der Waals surface area (Å²) in [4.78, 5) is 28.4. The zero-order valence-corrected chi connectivity index (χ0v) is 18.2. The molecule has 2 amide bonds. The predicted octanol–water partition coefficient (Wildman–Crippen LogP) is 3.11. The zero-order chi connectivity index (χ0) is 21.1. The van der Waals surface area contributed by atoms with Crippen molar-refractivity contribution in [1.29, 1.82) is 0 Å². The average Bonchev–Trinajstić information content (AvgIpc) is 3.31. The molecule has 2 aromatic rings. The summed E-state index contributed by atoms with van der Waals surface area (Å²) in [5, 5.41) is 20.3. The summed E-state index contributed by atoms with van der Waals surface area (Å²) in [6.07, 6.45) is 2.94. The van der Waals surface area contributed by atoms with Gasteiger partial charge in [0, 0.05) is 30.4 Å². The number of hydrogen-bond acceptors (Lipinski definition) is 6. The SMILES string of the molecule is O=C(Nc1ccc([N+]2(C(=O)[O-])CCC(C3CCNCC3)CC2)cc1Cl)c1cscn1. The number of likely N-dealkylation sites (tertiary alicyclic amines) is 1. The van der Waals surface area contributed by atoms with Gasteiger partial charge in [-0.05, 0) is 43.8 Å². The third kappa shape index (κ3) is 4.23. The Kier molecular flexibility index (Phi) is 6.38. The highest BCUT2D eigenvalue weighted by Crippen LogP contribution is 2.38. The number of piperidine rings is 2. The van der Waals surface area contributed by atoms with Crippen molar-refractivity contribution < 1.29 is 14.7 Å². The molecule has 0 unspecified atom stereocenters. The van der Waals surface area contributed by atoms with Gasteiger partial charge in [0.2, 0.25) is 0 Å². The number of quaternary nitrogens is 1. The summed E-state index contributed by atoms with van der Waals surface area (Å²) in [6.45, 7) is 3.09. The summed E-state index contributed by atoms with van der Waals surface area (Å²) in [5.41, 5.74) is 2.93. The molecule has 2 fully saturated rings. The number of anilines is 1. The smallest absolute Gasteiger partial charge is 0.275 e. The van der Waals surface area contributed by atoms with Crippen molar-refractivity contribution in [2.45, 2.75) is 25.7 Å². The summed E-state index contributed by atoms with van der Waals surface area (Å²) in [5.74, 6) is 0.879. The number of halogens is 1. The predicted molar refractivity (Wildman–Crippen MR) is 117 cm³/mol. The second-order valence-corrected chi connectivity index (χ2v) is 9.22. The highest BCUT2D eigenvalue weighted by Gasteiger charge is 2.40. The van der Waals surface area contributed by atoms with Crippen LogP contribution < -0.4 is 20.2 Å². The molecule has 9 heteroatoms. The molecule has 1 aromatic heterocycles. The zero-order valence-electron chi connectivity index (χ0n) is 16.6. The maximum Gasteiger partial charge on any atom is 0.275 e. The monoisotopic (exact) mass is 448 g/mol. The highest BCUT2D eigenvalue weighted by atomic mass is 35.5. The van der Waals surface area contributed by atoms with Crippen LogP contribution in [0.15, 0.2) is 29.1 Å². The molecule has 1 aromatic carbocycles. The topological polar surface area (TPSA) is 94.2 Å². The molecule has 0 atom stereocenters. The number of carbonyl (C=O) groups is 2. The number of thiazole rings is 1. The van der Waals surface area contributed by atoms with E-state index < -0.39 is 6.09 Å². The number of rotatable bonds is 4. The van der Waals surface area contributed by atoms with Gasteiger partial charge in [0.25, 0.3) is 12.0 Å². The Morgan fingerprint density at radius 2 is 1.87 bits per heavy atom. The fraction of sp³-hybridized carbons (Fsp3) is 0.476. The molecule has 2 aliphatic heterocycles. The Labute approximate surface area is 184 Å². The largest absolute Gasteiger partial charge is 0.498 e. The Balaban J connectivity index is 1.50. The van der Waals surface area contributed by atoms with Gasteiger partial charge in [0.1, 0.15) is 11.4 Å². The van der Waals surface area contributed by atoms with Crippen molar-refractivity contribution in [3.8, 4) is 0 Å². The third-order valence-corrected chi connectivity index (χ3v) is 7.42. The lowest BCUT2D eigenvalue weighted by Gasteiger charge is -2.44. The standard InChI is InChI=1S/C21H25ClN4O3S/c22-17-11-16(1-2-18(17)25-20(27)19-12-30-13-24-19)26(21(28)29)9-5-15(6-10-26)14-3-7-23-8-4-14/h1-2,11-15,23H,3-10H2,(H-,25,27,28,29). The quantitative estimate of drug-likeness (QED) is 0.701. The number of carbonyl (C=O) groups excluding carboxylic acids is 2. The van der Waals surface area contributed by atoms with Crippen LogP contribution in [0.3, 0.4) is 0 Å². The van der Waals surface area contributed by atoms with Gasteiger partial charge in [-0.1, -0.05) is 11.6 Å². The van der Waals surface area contributed by atoms with Crippen molar-refractivity contribution in [1.82, 2.24) is 14.8 Å². The molecule has 2 aliphatic rings. The van der Waals surface area contributed by atoms with E-state index in [1.54, 1.807) is 29.1 Å². The van der Waals surface area contributed by atoms with Gasteiger partial charge in [-0.3, -0.25) is 4.79 Å². The molecule has 7 nitrogen and oxygen atoms in total. The molecule has 3 heterocycles. The van der Waals surface area contributed by atoms with E-state index in [4.69, 9.17) is 11.6 Å². The number of nitrogens with one attached hydrogen (secondary N) is 2. The highest BCUT2D eigenvalue weighted by molar-refractivity contribution is 7.07. The van der Waals surface area contributed by atoms with Crippen molar-refractivity contribution in [2.75, 3.05) is 31.5 Å². The normalized spacial score (nSPS) is 25.0. The van der Waals surface area contributed by atoms with Crippen LogP contribution in [0.1, 0.15) is 36.2 Å². The Morgan fingerprint density at radius 3 is 2.47 bits per heavy atom. The molecular formula is C21H25ClN4O3S. The lowest BCUT2D eigenvalue weighted by Crippen LogP contribution is -2.63. The minimum atomic E-state index is -1.10. The van der Waals surface area contributed by atoms with Crippen LogP contribution in [0.4, 0.5) is 16.2 Å². The van der Waals surface area contributed by atoms with Crippen molar-refractivity contribution >= 4 is 46.3 Å². The van der Waals surface area contributed by atoms with E-state index in [0.29, 0.717) is 47.0 Å². The number of amides is 2. The second-order valence-electron chi connectivity index (χ2n) is 8.10. The summed E-state index contributed by atoms with van der Waals surface area (Å²) < 4.78 is -0.221. The van der Waals surface area contributed by atoms with Gasteiger partial charge >= 0.3 is 0 Å². The van der Waals surface area contributed by atoms with Gasteiger partial charge in [0.05, 0.1) is 29.3 Å². The summed E-state index contributed by atoms with van der Waals surface area (Å²) >= 11 is 7.74. The molecule has 160 valence electrons. The molecule has 0 saturated carbocycles. The van der Waals surface area contributed by atoms with Gasteiger partial charge in [-0.2, -0.15) is 0 Å². The Morgan fingerprint density at radius 1 is 1.17 bits per heavy atom. The van der Waals surface area contributed by atoms with Crippen LogP contribution in [0.2, 0.25) is 5.02 Å². The summed E-state index contributed by atoms with van der Waals surface area (Å²) in [7, 11) is 0. The first-order chi connectivity index (χ1) is 14.5. The number of benzene rings is 1. The van der Waals surface area contributed by atoms with E-state index in [9.17, 15) is 14.7 Å². The maximum absolute atomic E-state index is 12.2. The molecule has 2 N–H and O–H groups in total.